The van der Waals surface area contributed by atoms with E-state index in [2.05, 4.69) is 160 Å². The van der Waals surface area contributed by atoms with Gasteiger partial charge in [-0.1, -0.05) is 129 Å². The van der Waals surface area contributed by atoms with Crippen LogP contribution in [0.1, 0.15) is 54.5 Å². The predicted octanol–water partition coefficient (Wildman–Crippen LogP) is 13.1. The third-order valence-electron chi connectivity index (χ3n) is 11.6. The first-order valence-corrected chi connectivity index (χ1v) is 18.7. The van der Waals surface area contributed by atoms with E-state index < -0.39 is 0 Å². The second kappa shape index (κ2) is 11.4. The van der Waals surface area contributed by atoms with Gasteiger partial charge in [0.05, 0.1) is 11.6 Å². The van der Waals surface area contributed by atoms with E-state index in [0.29, 0.717) is 5.92 Å². The summed E-state index contributed by atoms with van der Waals surface area (Å²) in [6.45, 7) is 4.58. The van der Waals surface area contributed by atoms with Crippen LogP contribution < -0.4 is 0 Å². The molecular formula is C49H35NS. The first kappa shape index (κ1) is 30.1. The van der Waals surface area contributed by atoms with E-state index in [1.54, 1.807) is 0 Å². The second-order valence-corrected chi connectivity index (χ2v) is 15.8. The molecule has 5 aromatic carbocycles. The highest BCUT2D eigenvalue weighted by atomic mass is 32.1. The summed E-state index contributed by atoms with van der Waals surface area (Å²) in [6.07, 6.45) is 18.3. The van der Waals surface area contributed by atoms with Crippen LogP contribution in [0.4, 0.5) is 0 Å². The van der Waals surface area contributed by atoms with Gasteiger partial charge in [0.2, 0.25) is 0 Å². The van der Waals surface area contributed by atoms with Crippen LogP contribution in [-0.2, 0) is 5.41 Å². The molecule has 242 valence electrons. The molecule has 1 aromatic heterocycles. The molecule has 4 aliphatic rings. The van der Waals surface area contributed by atoms with Crippen molar-refractivity contribution in [1.82, 2.24) is 0 Å². The maximum atomic E-state index is 9.61. The zero-order valence-electron chi connectivity index (χ0n) is 28.7. The minimum Gasteiger partial charge on any atom is -0.192 e. The lowest BCUT2D eigenvalue weighted by molar-refractivity contribution is 0.660. The van der Waals surface area contributed by atoms with E-state index in [0.717, 1.165) is 18.4 Å². The Hall–Kier alpha value is -5.75. The molecule has 2 heteroatoms. The SMILES string of the molecule is CC1(C)c2cc(C#N)ccc2-c2ccc(-c3cccc4sc5ccc(C6=CC=C7C=CC8=C(CC=C(c9ccccc9)C=C8)C7C6)cc5c34)cc21. The Bertz CT molecular complexity index is 2710. The van der Waals surface area contributed by atoms with Gasteiger partial charge in [-0.25, -0.2) is 0 Å². The maximum Gasteiger partial charge on any atom is 0.0991 e. The number of nitrogens with zero attached hydrogens (tertiary/aromatic N) is 1. The number of hydrogen-bond acceptors (Lipinski definition) is 2. The molecule has 0 saturated heterocycles. The Morgan fingerprint density at radius 2 is 1.49 bits per heavy atom. The molecule has 0 amide bonds. The van der Waals surface area contributed by atoms with Gasteiger partial charge in [-0.15, -0.1) is 11.3 Å². The highest BCUT2D eigenvalue weighted by Crippen LogP contribution is 2.51. The molecule has 0 bridgehead atoms. The fraction of sp³-hybridized carbons (Fsp3) is 0.122. The van der Waals surface area contributed by atoms with Crippen molar-refractivity contribution in [3.63, 3.8) is 0 Å². The van der Waals surface area contributed by atoms with E-state index in [1.165, 1.54) is 92.5 Å². The van der Waals surface area contributed by atoms with Gasteiger partial charge >= 0.3 is 0 Å². The van der Waals surface area contributed by atoms with Crippen molar-refractivity contribution in [3.05, 3.63) is 190 Å². The zero-order chi connectivity index (χ0) is 34.3. The average molecular weight is 670 g/mol. The number of rotatable bonds is 3. The summed E-state index contributed by atoms with van der Waals surface area (Å²) in [7, 11) is 0. The third kappa shape index (κ3) is 4.73. The van der Waals surface area contributed by atoms with Crippen LogP contribution in [0.2, 0.25) is 0 Å². The molecule has 6 aromatic rings. The van der Waals surface area contributed by atoms with Crippen molar-refractivity contribution in [3.8, 4) is 28.3 Å². The topological polar surface area (TPSA) is 23.8 Å². The van der Waals surface area contributed by atoms with Crippen LogP contribution >= 0.6 is 11.3 Å². The Balaban J connectivity index is 1.02. The van der Waals surface area contributed by atoms with E-state index in [4.69, 9.17) is 0 Å². The minimum atomic E-state index is -0.180. The van der Waals surface area contributed by atoms with Crippen LogP contribution in [0.15, 0.2) is 162 Å². The quantitative estimate of drug-likeness (QED) is 0.184. The van der Waals surface area contributed by atoms with Crippen molar-refractivity contribution < 1.29 is 0 Å². The molecule has 0 radical (unpaired) electrons. The fourth-order valence-electron chi connectivity index (χ4n) is 8.90. The van der Waals surface area contributed by atoms with Gasteiger partial charge in [0.1, 0.15) is 0 Å². The summed E-state index contributed by atoms with van der Waals surface area (Å²) in [5, 5.41) is 12.3. The number of allylic oxidation sites excluding steroid dienone is 12. The number of fused-ring (bicyclic) bond motifs is 8. The Morgan fingerprint density at radius 1 is 0.686 bits per heavy atom. The van der Waals surface area contributed by atoms with Crippen LogP contribution in [0.5, 0.6) is 0 Å². The van der Waals surface area contributed by atoms with Crippen molar-refractivity contribution in [1.29, 1.82) is 5.26 Å². The lowest BCUT2D eigenvalue weighted by Crippen LogP contribution is -2.15. The highest BCUT2D eigenvalue weighted by molar-refractivity contribution is 7.25. The number of thiophene rings is 1. The van der Waals surface area contributed by atoms with Gasteiger partial charge in [-0.2, -0.15) is 5.26 Å². The maximum absolute atomic E-state index is 9.61. The summed E-state index contributed by atoms with van der Waals surface area (Å²) >= 11 is 1.89. The van der Waals surface area contributed by atoms with Gasteiger partial charge in [0.25, 0.3) is 0 Å². The average Bonchev–Trinajstić information content (AvgIpc) is 3.54. The zero-order valence-corrected chi connectivity index (χ0v) is 29.5. The molecule has 1 atom stereocenters. The normalized spacial score (nSPS) is 18.3. The highest BCUT2D eigenvalue weighted by Gasteiger charge is 2.36. The molecule has 0 fully saturated rings. The summed E-state index contributed by atoms with van der Waals surface area (Å²) < 4.78 is 2.64. The van der Waals surface area contributed by atoms with Crippen molar-refractivity contribution in [2.24, 2.45) is 5.92 Å². The second-order valence-electron chi connectivity index (χ2n) is 14.7. The minimum absolute atomic E-state index is 0.180. The standard InChI is InChI=1S/C49H35NS/c1-49(2)44-25-30(29-50)11-21-40(44)41-23-19-37(28-45(41)49)39-9-6-10-47-48(39)43-27-36(20-24-46(43)51-47)35-17-16-34-15-14-33-13-12-32(31-7-4-3-5-8-31)18-22-38(33)42(34)26-35/h3-21,23-25,27-28,42H,22,26H2,1-2H3. The van der Waals surface area contributed by atoms with Crippen molar-refractivity contribution in [2.45, 2.75) is 32.1 Å². The molecule has 1 nitrogen and oxygen atoms in total. The van der Waals surface area contributed by atoms with Gasteiger partial charge < -0.3 is 0 Å². The smallest absolute Gasteiger partial charge is 0.0991 e. The molecule has 51 heavy (non-hydrogen) atoms. The molecule has 0 spiro atoms. The van der Waals surface area contributed by atoms with Crippen LogP contribution in [-0.4, -0.2) is 0 Å². The number of hydrogen-bond donors (Lipinski definition) is 0. The number of benzene rings is 5. The monoisotopic (exact) mass is 669 g/mol. The first-order valence-electron chi connectivity index (χ1n) is 17.9. The van der Waals surface area contributed by atoms with Crippen LogP contribution in [0.3, 0.4) is 0 Å². The first-order chi connectivity index (χ1) is 25.0. The molecule has 10 rings (SSSR count). The van der Waals surface area contributed by atoms with Gasteiger partial charge in [0, 0.05) is 31.5 Å². The van der Waals surface area contributed by atoms with Crippen molar-refractivity contribution in [2.75, 3.05) is 0 Å². The summed E-state index contributed by atoms with van der Waals surface area (Å²) in [4.78, 5) is 0. The van der Waals surface area contributed by atoms with Gasteiger partial charge in [-0.3, -0.25) is 0 Å². The largest absolute Gasteiger partial charge is 0.192 e. The van der Waals surface area contributed by atoms with E-state index in [9.17, 15) is 5.26 Å². The number of nitriles is 1. The van der Waals surface area contributed by atoms with Gasteiger partial charge in [0.15, 0.2) is 0 Å². The molecule has 0 N–H and O–H groups in total. The summed E-state index contributed by atoms with van der Waals surface area (Å²) in [5.74, 6) is 0.384. The molecule has 1 heterocycles. The third-order valence-corrected chi connectivity index (χ3v) is 12.8. The molecule has 4 aliphatic carbocycles. The molecule has 1 unspecified atom stereocenters. The fourth-order valence-corrected chi connectivity index (χ4v) is 10.0. The molecular weight excluding hydrogens is 635 g/mol. The van der Waals surface area contributed by atoms with Crippen molar-refractivity contribution >= 4 is 42.7 Å². The van der Waals surface area contributed by atoms with Gasteiger partial charge in [-0.05, 0) is 116 Å². The summed E-state index contributed by atoms with van der Waals surface area (Å²) in [6, 6.07) is 40.1. The Labute approximate surface area is 303 Å². The Morgan fingerprint density at radius 3 is 2.35 bits per heavy atom. The predicted molar refractivity (Wildman–Crippen MR) is 216 cm³/mol. The summed E-state index contributed by atoms with van der Waals surface area (Å²) in [5.41, 5.74) is 17.7. The molecule has 0 saturated carbocycles. The van der Waals surface area contributed by atoms with Crippen LogP contribution in [0.25, 0.3) is 53.6 Å². The lowest BCUT2D eigenvalue weighted by Gasteiger charge is -2.30. The van der Waals surface area contributed by atoms with E-state index in [-0.39, 0.29) is 5.41 Å². The van der Waals surface area contributed by atoms with Crippen LogP contribution in [0, 0.1) is 17.2 Å². The molecule has 0 aliphatic heterocycles. The van der Waals surface area contributed by atoms with E-state index >= 15 is 0 Å². The van der Waals surface area contributed by atoms with E-state index in [1.807, 2.05) is 17.4 Å². The Kier molecular flexibility index (Phi) is 6.72. The lowest BCUT2D eigenvalue weighted by atomic mass is 9.74.